The van der Waals surface area contributed by atoms with E-state index in [9.17, 15) is 14.7 Å². The standard InChI is InChI=1S/C21H32O4/c1-3-4-5-6-7-9-12-17-15-16-19(23)21(17)18(22)13-10-8-11-14-20(24)25-2/h9,12,15-17,23H,3-8,10-11,13-14H2,1-2H3/b12-9+. The molecule has 1 aliphatic carbocycles. The molecule has 0 spiro atoms. The first-order chi connectivity index (χ1) is 12.1. The zero-order valence-corrected chi connectivity index (χ0v) is 15.6. The van der Waals surface area contributed by atoms with E-state index in [0.29, 0.717) is 18.4 Å². The van der Waals surface area contributed by atoms with Gasteiger partial charge in [0.2, 0.25) is 0 Å². The number of ether oxygens (including phenoxy) is 1. The van der Waals surface area contributed by atoms with Crippen molar-refractivity contribution >= 4 is 11.8 Å². The molecule has 0 fully saturated rings. The van der Waals surface area contributed by atoms with Crippen LogP contribution in [-0.4, -0.2) is 24.0 Å². The SMILES string of the molecule is CCCCCC/C=C/C1C=CC(O)=C1C(=O)CCCCCC(=O)OC. The number of carbonyl (C=O) groups is 2. The van der Waals surface area contributed by atoms with Crippen LogP contribution in [0.15, 0.2) is 35.6 Å². The van der Waals surface area contributed by atoms with E-state index in [1.165, 1.54) is 32.8 Å². The highest BCUT2D eigenvalue weighted by molar-refractivity contribution is 5.98. The predicted octanol–water partition coefficient (Wildman–Crippen LogP) is 5.20. The number of hydrogen-bond donors (Lipinski definition) is 1. The average molecular weight is 348 g/mol. The molecule has 1 atom stereocenters. The maximum Gasteiger partial charge on any atom is 0.305 e. The lowest BCUT2D eigenvalue weighted by Gasteiger charge is -2.09. The molecule has 4 heteroatoms. The predicted molar refractivity (Wildman–Crippen MR) is 100 cm³/mol. The van der Waals surface area contributed by atoms with Crippen molar-refractivity contribution in [2.24, 2.45) is 5.92 Å². The Morgan fingerprint density at radius 1 is 1.12 bits per heavy atom. The van der Waals surface area contributed by atoms with Crippen LogP contribution in [-0.2, 0) is 14.3 Å². The maximum atomic E-state index is 12.4. The Balaban J connectivity index is 2.35. The number of Topliss-reactive ketones (excluding diaryl/α,β-unsaturated/α-hetero) is 1. The summed E-state index contributed by atoms with van der Waals surface area (Å²) in [5.41, 5.74) is 0.512. The molecular formula is C21H32O4. The Kier molecular flexibility index (Phi) is 10.6. The second-order valence-corrected chi connectivity index (χ2v) is 6.52. The van der Waals surface area contributed by atoms with Crippen molar-refractivity contribution in [3.8, 4) is 0 Å². The van der Waals surface area contributed by atoms with Crippen molar-refractivity contribution in [1.82, 2.24) is 0 Å². The summed E-state index contributed by atoms with van der Waals surface area (Å²) in [6.45, 7) is 2.19. The lowest BCUT2D eigenvalue weighted by atomic mass is 9.94. The lowest BCUT2D eigenvalue weighted by Crippen LogP contribution is -2.10. The van der Waals surface area contributed by atoms with Gasteiger partial charge in [-0.3, -0.25) is 9.59 Å². The highest BCUT2D eigenvalue weighted by Gasteiger charge is 2.24. The van der Waals surface area contributed by atoms with Crippen LogP contribution in [0.25, 0.3) is 0 Å². The van der Waals surface area contributed by atoms with Crippen molar-refractivity contribution in [2.45, 2.75) is 71.1 Å². The van der Waals surface area contributed by atoms with Crippen LogP contribution >= 0.6 is 0 Å². The number of allylic oxidation sites excluding steroid dienone is 5. The summed E-state index contributed by atoms with van der Waals surface area (Å²) in [5, 5.41) is 9.99. The molecule has 4 nitrogen and oxygen atoms in total. The van der Waals surface area contributed by atoms with E-state index in [1.54, 1.807) is 6.08 Å². The van der Waals surface area contributed by atoms with E-state index >= 15 is 0 Å². The van der Waals surface area contributed by atoms with Crippen LogP contribution < -0.4 is 0 Å². The second kappa shape index (κ2) is 12.5. The van der Waals surface area contributed by atoms with Crippen LogP contribution in [0.1, 0.15) is 71.1 Å². The van der Waals surface area contributed by atoms with Crippen LogP contribution in [0.5, 0.6) is 0 Å². The van der Waals surface area contributed by atoms with Gasteiger partial charge in [0.05, 0.1) is 7.11 Å². The Bertz CT molecular complexity index is 514. The summed E-state index contributed by atoms with van der Waals surface area (Å²) < 4.78 is 4.59. The van der Waals surface area contributed by atoms with E-state index in [-0.39, 0.29) is 23.4 Å². The fourth-order valence-electron chi connectivity index (χ4n) is 2.94. The maximum absolute atomic E-state index is 12.4. The molecule has 0 saturated heterocycles. The van der Waals surface area contributed by atoms with Gasteiger partial charge >= 0.3 is 5.97 Å². The van der Waals surface area contributed by atoms with E-state index < -0.39 is 0 Å². The monoisotopic (exact) mass is 348 g/mol. The quantitative estimate of drug-likeness (QED) is 0.282. The molecule has 0 heterocycles. The normalized spacial score (nSPS) is 16.8. The number of rotatable bonds is 13. The summed E-state index contributed by atoms with van der Waals surface area (Å²) in [4.78, 5) is 23.5. The van der Waals surface area contributed by atoms with Crippen LogP contribution in [0.4, 0.5) is 0 Å². The third-order valence-electron chi connectivity index (χ3n) is 4.45. The van der Waals surface area contributed by atoms with Crippen molar-refractivity contribution in [1.29, 1.82) is 0 Å². The number of aliphatic hydroxyl groups is 1. The molecule has 0 aromatic rings. The minimum atomic E-state index is -0.212. The lowest BCUT2D eigenvalue weighted by molar-refractivity contribution is -0.140. The van der Waals surface area contributed by atoms with Gasteiger partial charge in [-0.05, 0) is 31.8 Å². The highest BCUT2D eigenvalue weighted by Crippen LogP contribution is 2.28. The van der Waals surface area contributed by atoms with Gasteiger partial charge in [0.1, 0.15) is 5.76 Å². The largest absolute Gasteiger partial charge is 0.508 e. The van der Waals surface area contributed by atoms with Crippen molar-refractivity contribution < 1.29 is 19.4 Å². The van der Waals surface area contributed by atoms with Gasteiger partial charge in [-0.2, -0.15) is 0 Å². The molecule has 0 aromatic heterocycles. The van der Waals surface area contributed by atoms with Crippen molar-refractivity contribution in [3.63, 3.8) is 0 Å². The van der Waals surface area contributed by atoms with Gasteiger partial charge in [-0.1, -0.05) is 50.8 Å². The fraction of sp³-hybridized carbons (Fsp3) is 0.619. The van der Waals surface area contributed by atoms with Gasteiger partial charge in [-0.15, -0.1) is 0 Å². The number of carbonyl (C=O) groups excluding carboxylic acids is 2. The van der Waals surface area contributed by atoms with Gasteiger partial charge < -0.3 is 9.84 Å². The topological polar surface area (TPSA) is 63.6 Å². The first kappa shape index (κ1) is 21.2. The van der Waals surface area contributed by atoms with Gasteiger partial charge in [0.15, 0.2) is 5.78 Å². The number of hydrogen-bond acceptors (Lipinski definition) is 4. The van der Waals surface area contributed by atoms with Gasteiger partial charge in [0, 0.05) is 24.3 Å². The number of methoxy groups -OCH3 is 1. The zero-order valence-electron chi connectivity index (χ0n) is 15.6. The Morgan fingerprint density at radius 3 is 2.56 bits per heavy atom. The number of unbranched alkanes of at least 4 members (excludes halogenated alkanes) is 6. The minimum absolute atomic E-state index is 0.00111. The number of esters is 1. The van der Waals surface area contributed by atoms with Crippen LogP contribution in [0.2, 0.25) is 0 Å². The molecule has 0 radical (unpaired) electrons. The summed E-state index contributed by atoms with van der Waals surface area (Å²) in [5.74, 6) is -0.217. The average Bonchev–Trinajstić information content (AvgIpc) is 2.97. The van der Waals surface area contributed by atoms with Gasteiger partial charge in [0.25, 0.3) is 0 Å². The summed E-state index contributed by atoms with van der Waals surface area (Å²) in [6.07, 6.45) is 16.6. The Labute approximate surface area is 151 Å². The Hall–Kier alpha value is -1.84. The molecule has 0 bridgehead atoms. The summed E-state index contributed by atoms with van der Waals surface area (Å²) in [7, 11) is 1.38. The zero-order chi connectivity index (χ0) is 18.5. The molecule has 1 aliphatic rings. The first-order valence-corrected chi connectivity index (χ1v) is 9.48. The first-order valence-electron chi connectivity index (χ1n) is 9.48. The smallest absolute Gasteiger partial charge is 0.305 e. The third-order valence-corrected chi connectivity index (χ3v) is 4.45. The molecule has 1 unspecified atom stereocenters. The van der Waals surface area contributed by atoms with E-state index in [0.717, 1.165) is 25.7 Å². The molecule has 0 aliphatic heterocycles. The molecule has 1 N–H and O–H groups in total. The highest BCUT2D eigenvalue weighted by atomic mass is 16.5. The van der Waals surface area contributed by atoms with Crippen molar-refractivity contribution in [2.75, 3.05) is 7.11 Å². The van der Waals surface area contributed by atoms with Gasteiger partial charge in [-0.25, -0.2) is 0 Å². The second-order valence-electron chi connectivity index (χ2n) is 6.52. The molecule has 140 valence electrons. The van der Waals surface area contributed by atoms with E-state index in [1.807, 2.05) is 12.2 Å². The van der Waals surface area contributed by atoms with Crippen molar-refractivity contribution in [3.05, 3.63) is 35.6 Å². The molecular weight excluding hydrogens is 316 g/mol. The molecule has 25 heavy (non-hydrogen) atoms. The Morgan fingerprint density at radius 2 is 1.84 bits per heavy atom. The summed E-state index contributed by atoms with van der Waals surface area (Å²) >= 11 is 0. The molecule has 1 rings (SSSR count). The van der Waals surface area contributed by atoms with E-state index in [4.69, 9.17) is 0 Å². The molecule has 0 amide bonds. The van der Waals surface area contributed by atoms with Crippen LogP contribution in [0.3, 0.4) is 0 Å². The van der Waals surface area contributed by atoms with Crippen LogP contribution in [0, 0.1) is 5.92 Å². The number of aliphatic hydroxyl groups excluding tert-OH is 1. The minimum Gasteiger partial charge on any atom is -0.508 e. The van der Waals surface area contributed by atoms with E-state index in [2.05, 4.69) is 17.7 Å². The third kappa shape index (κ3) is 8.19. The summed E-state index contributed by atoms with van der Waals surface area (Å²) in [6, 6.07) is 0. The fourth-order valence-corrected chi connectivity index (χ4v) is 2.94. The molecule has 0 saturated carbocycles. The number of ketones is 1. The molecule has 0 aromatic carbocycles.